The lowest BCUT2D eigenvalue weighted by molar-refractivity contribution is 0.0226. The van der Waals surface area contributed by atoms with Gasteiger partial charge in [-0.2, -0.15) is 0 Å². The Morgan fingerprint density at radius 1 is 1.38 bits per heavy atom. The third-order valence-corrected chi connectivity index (χ3v) is 4.50. The lowest BCUT2D eigenvalue weighted by atomic mass is 10.2. The second kappa shape index (κ2) is 7.09. The van der Waals surface area contributed by atoms with Crippen LogP contribution < -0.4 is 0 Å². The quantitative estimate of drug-likeness (QED) is 0.760. The smallest absolute Gasteiger partial charge is 0.410 e. The number of hydrogen-bond donors (Lipinski definition) is 0. The number of benzene rings is 1. The molecule has 0 saturated carbocycles. The summed E-state index contributed by atoms with van der Waals surface area (Å²) in [6.45, 7) is 6.42. The van der Waals surface area contributed by atoms with E-state index in [0.717, 1.165) is 0 Å². The van der Waals surface area contributed by atoms with E-state index >= 15 is 0 Å². The van der Waals surface area contributed by atoms with E-state index in [1.54, 1.807) is 11.9 Å². The van der Waals surface area contributed by atoms with Gasteiger partial charge in [-0.3, -0.25) is 4.79 Å². The van der Waals surface area contributed by atoms with Crippen molar-refractivity contribution in [1.82, 2.24) is 9.80 Å². The fourth-order valence-electron chi connectivity index (χ4n) is 2.56. The van der Waals surface area contributed by atoms with Gasteiger partial charge in [0.05, 0.1) is 11.6 Å². The minimum atomic E-state index is -0.557. The van der Waals surface area contributed by atoms with Gasteiger partial charge in [-0.05, 0) is 61.3 Å². The van der Waals surface area contributed by atoms with Gasteiger partial charge in [0.25, 0.3) is 5.91 Å². The van der Waals surface area contributed by atoms with E-state index in [1.165, 1.54) is 23.1 Å². The molecule has 5 nitrogen and oxygen atoms in total. The van der Waals surface area contributed by atoms with Crippen molar-refractivity contribution < 1.29 is 18.7 Å². The third kappa shape index (κ3) is 4.47. The van der Waals surface area contributed by atoms with Crippen molar-refractivity contribution in [3.05, 3.63) is 34.1 Å². The van der Waals surface area contributed by atoms with Gasteiger partial charge in [0, 0.05) is 24.6 Å². The number of hydrogen-bond acceptors (Lipinski definition) is 3. The standard InChI is InChI=1S/C17H22BrFN2O3/c1-17(2,3)24-16(23)20(4)12-7-8-21(10-12)15(22)13-6-5-11(19)9-14(13)18/h5-6,9,12H,7-8,10H2,1-4H3/t12-/m1/s1. The molecular formula is C17H22BrFN2O3. The van der Waals surface area contributed by atoms with Crippen LogP contribution in [0.15, 0.2) is 22.7 Å². The molecule has 0 spiro atoms. The number of amides is 2. The number of nitrogens with zero attached hydrogens (tertiary/aromatic N) is 2. The SMILES string of the molecule is CN(C(=O)OC(C)(C)C)[C@@H]1CCN(C(=O)c2ccc(F)cc2Br)C1. The number of halogens is 2. The Balaban J connectivity index is 2.02. The number of carbonyl (C=O) groups excluding carboxylic acids is 2. The summed E-state index contributed by atoms with van der Waals surface area (Å²) < 4.78 is 19.0. The summed E-state index contributed by atoms with van der Waals surface area (Å²) in [5.41, 5.74) is -0.143. The maximum absolute atomic E-state index is 13.2. The number of likely N-dealkylation sites (tertiary alicyclic amines) is 1. The van der Waals surface area contributed by atoms with Crippen LogP contribution in [0.4, 0.5) is 9.18 Å². The van der Waals surface area contributed by atoms with Gasteiger partial charge in [-0.15, -0.1) is 0 Å². The van der Waals surface area contributed by atoms with Gasteiger partial charge in [-0.1, -0.05) is 0 Å². The Labute approximate surface area is 149 Å². The van der Waals surface area contributed by atoms with Gasteiger partial charge in [0.15, 0.2) is 0 Å². The zero-order valence-electron chi connectivity index (χ0n) is 14.3. The summed E-state index contributed by atoms with van der Waals surface area (Å²) in [4.78, 5) is 27.9. The summed E-state index contributed by atoms with van der Waals surface area (Å²) in [6, 6.07) is 3.90. The van der Waals surface area contributed by atoms with E-state index in [0.29, 0.717) is 29.5 Å². The summed E-state index contributed by atoms with van der Waals surface area (Å²) in [5.74, 6) is -0.579. The predicted molar refractivity (Wildman–Crippen MR) is 92.4 cm³/mol. The molecule has 0 aliphatic carbocycles. The van der Waals surface area contributed by atoms with Crippen LogP contribution in [-0.4, -0.2) is 53.6 Å². The molecule has 7 heteroatoms. The monoisotopic (exact) mass is 400 g/mol. The summed E-state index contributed by atoms with van der Waals surface area (Å²) >= 11 is 3.22. The van der Waals surface area contributed by atoms with Crippen LogP contribution in [0.2, 0.25) is 0 Å². The highest BCUT2D eigenvalue weighted by atomic mass is 79.9. The van der Waals surface area contributed by atoms with Crippen molar-refractivity contribution in [2.75, 3.05) is 20.1 Å². The fraction of sp³-hybridized carbons (Fsp3) is 0.529. The van der Waals surface area contributed by atoms with Crippen LogP contribution in [0.5, 0.6) is 0 Å². The predicted octanol–water partition coefficient (Wildman–Crippen LogP) is 3.67. The third-order valence-electron chi connectivity index (χ3n) is 3.84. The summed E-state index contributed by atoms with van der Waals surface area (Å²) in [6.07, 6.45) is 0.282. The Morgan fingerprint density at radius 2 is 2.04 bits per heavy atom. The average Bonchev–Trinajstić information content (AvgIpc) is 2.93. The van der Waals surface area contributed by atoms with Crippen molar-refractivity contribution in [1.29, 1.82) is 0 Å². The first-order chi connectivity index (χ1) is 11.1. The first-order valence-corrected chi connectivity index (χ1v) is 8.58. The molecule has 0 bridgehead atoms. The van der Waals surface area contributed by atoms with Gasteiger partial charge >= 0.3 is 6.09 Å². The zero-order chi connectivity index (χ0) is 18.1. The molecule has 0 N–H and O–H groups in total. The molecule has 1 saturated heterocycles. The maximum atomic E-state index is 13.2. The van der Waals surface area contributed by atoms with Crippen LogP contribution >= 0.6 is 15.9 Å². The minimum Gasteiger partial charge on any atom is -0.444 e. The Hall–Kier alpha value is -1.63. The number of likely N-dealkylation sites (N-methyl/N-ethyl adjacent to an activating group) is 1. The molecule has 24 heavy (non-hydrogen) atoms. The topological polar surface area (TPSA) is 49.9 Å². The van der Waals surface area contributed by atoms with Crippen molar-refractivity contribution in [3.8, 4) is 0 Å². The maximum Gasteiger partial charge on any atom is 0.410 e. The van der Waals surface area contributed by atoms with E-state index in [9.17, 15) is 14.0 Å². The van der Waals surface area contributed by atoms with E-state index in [4.69, 9.17) is 4.74 Å². The summed E-state index contributed by atoms with van der Waals surface area (Å²) in [5, 5.41) is 0. The van der Waals surface area contributed by atoms with Gasteiger partial charge in [0.2, 0.25) is 0 Å². The van der Waals surface area contributed by atoms with E-state index < -0.39 is 17.5 Å². The molecule has 1 aliphatic rings. The van der Waals surface area contributed by atoms with Gasteiger partial charge in [0.1, 0.15) is 11.4 Å². The van der Waals surface area contributed by atoms with E-state index in [-0.39, 0.29) is 11.9 Å². The van der Waals surface area contributed by atoms with Gasteiger partial charge in [-0.25, -0.2) is 9.18 Å². The van der Waals surface area contributed by atoms with Crippen LogP contribution in [-0.2, 0) is 4.74 Å². The number of carbonyl (C=O) groups is 2. The highest BCUT2D eigenvalue weighted by Crippen LogP contribution is 2.23. The normalized spacial score (nSPS) is 17.8. The number of rotatable bonds is 2. The Bertz CT molecular complexity index is 645. The van der Waals surface area contributed by atoms with Crippen LogP contribution in [0.3, 0.4) is 0 Å². The molecular weight excluding hydrogens is 379 g/mol. The fourth-order valence-corrected chi connectivity index (χ4v) is 3.08. The van der Waals surface area contributed by atoms with Crippen LogP contribution in [0.1, 0.15) is 37.6 Å². The van der Waals surface area contributed by atoms with Crippen LogP contribution in [0.25, 0.3) is 0 Å². The molecule has 1 fully saturated rings. The molecule has 2 rings (SSSR count). The highest BCUT2D eigenvalue weighted by molar-refractivity contribution is 9.10. The highest BCUT2D eigenvalue weighted by Gasteiger charge is 2.33. The Kier molecular flexibility index (Phi) is 5.52. The molecule has 1 aliphatic heterocycles. The molecule has 2 amide bonds. The lowest BCUT2D eigenvalue weighted by Gasteiger charge is -2.28. The van der Waals surface area contributed by atoms with Crippen molar-refractivity contribution >= 4 is 27.9 Å². The summed E-state index contributed by atoms with van der Waals surface area (Å²) in [7, 11) is 1.68. The molecule has 1 aromatic rings. The van der Waals surface area contributed by atoms with Crippen LogP contribution in [0, 0.1) is 5.82 Å². The molecule has 1 atom stereocenters. The van der Waals surface area contributed by atoms with Gasteiger partial charge < -0.3 is 14.5 Å². The van der Waals surface area contributed by atoms with E-state index in [2.05, 4.69) is 15.9 Å². The molecule has 0 unspecified atom stereocenters. The number of ether oxygens (including phenoxy) is 1. The molecule has 132 valence electrons. The zero-order valence-corrected chi connectivity index (χ0v) is 15.9. The lowest BCUT2D eigenvalue weighted by Crippen LogP contribution is -2.42. The average molecular weight is 401 g/mol. The van der Waals surface area contributed by atoms with Crippen molar-refractivity contribution in [2.45, 2.75) is 38.8 Å². The largest absolute Gasteiger partial charge is 0.444 e. The van der Waals surface area contributed by atoms with Crippen molar-refractivity contribution in [2.24, 2.45) is 0 Å². The Morgan fingerprint density at radius 3 is 2.62 bits per heavy atom. The second-order valence-electron chi connectivity index (χ2n) is 6.91. The minimum absolute atomic E-state index is 0.0944. The first kappa shape index (κ1) is 18.7. The molecule has 0 aromatic heterocycles. The van der Waals surface area contributed by atoms with E-state index in [1.807, 2.05) is 20.8 Å². The molecule has 1 aromatic carbocycles. The second-order valence-corrected chi connectivity index (χ2v) is 7.76. The molecule has 0 radical (unpaired) electrons. The molecule has 1 heterocycles. The first-order valence-electron chi connectivity index (χ1n) is 7.78. The van der Waals surface area contributed by atoms with Crippen molar-refractivity contribution in [3.63, 3.8) is 0 Å².